The average Bonchev–Trinajstić information content (AvgIpc) is 2.01. The van der Waals surface area contributed by atoms with E-state index in [1.54, 1.807) is 0 Å². The van der Waals surface area contributed by atoms with E-state index < -0.39 is 12.8 Å². The van der Waals surface area contributed by atoms with Crippen LogP contribution in [0.2, 0.25) is 0 Å². The van der Waals surface area contributed by atoms with Gasteiger partial charge in [0.1, 0.15) is 6.33 Å². The highest BCUT2D eigenvalue weighted by Crippen LogP contribution is 2.20. The van der Waals surface area contributed by atoms with E-state index in [0.717, 1.165) is 12.5 Å². The Labute approximate surface area is 71.6 Å². The molecule has 0 atom stereocenters. The van der Waals surface area contributed by atoms with Gasteiger partial charge in [0.2, 0.25) is 0 Å². The second-order valence-electron chi connectivity index (χ2n) is 2.18. The van der Waals surface area contributed by atoms with Crippen LogP contribution >= 0.6 is 0 Å². The molecule has 0 aliphatic heterocycles. The number of aromatic nitrogens is 2. The lowest BCUT2D eigenvalue weighted by Gasteiger charge is -2.09. The summed E-state index contributed by atoms with van der Waals surface area (Å²) in [7, 11) is 0. The van der Waals surface area contributed by atoms with Crippen molar-refractivity contribution < 1.29 is 17.9 Å². The third-order valence-corrected chi connectivity index (χ3v) is 1.10. The Morgan fingerprint density at radius 1 is 1.46 bits per heavy atom. The first-order valence-corrected chi connectivity index (χ1v) is 3.24. The molecule has 0 saturated carbocycles. The Hall–Kier alpha value is -1.53. The Kier molecular flexibility index (Phi) is 2.54. The van der Waals surface area contributed by atoms with Crippen molar-refractivity contribution in [2.45, 2.75) is 6.18 Å². The van der Waals surface area contributed by atoms with Crippen LogP contribution in [-0.4, -0.2) is 22.8 Å². The van der Waals surface area contributed by atoms with Gasteiger partial charge in [-0.3, -0.25) is 0 Å². The zero-order chi connectivity index (χ0) is 9.90. The van der Waals surface area contributed by atoms with Gasteiger partial charge >= 0.3 is 6.18 Å². The van der Waals surface area contributed by atoms with Crippen LogP contribution in [0, 0.1) is 0 Å². The summed E-state index contributed by atoms with van der Waals surface area (Å²) in [6, 6.07) is 0. The molecule has 0 aliphatic carbocycles. The first-order valence-electron chi connectivity index (χ1n) is 3.24. The molecule has 0 saturated heterocycles. The SMILES string of the molecule is Nc1ncncc1OCC(F)(F)F. The van der Waals surface area contributed by atoms with Gasteiger partial charge in [-0.2, -0.15) is 13.2 Å². The first kappa shape index (κ1) is 9.56. The van der Waals surface area contributed by atoms with Crippen molar-refractivity contribution in [3.63, 3.8) is 0 Å². The van der Waals surface area contributed by atoms with Crippen LogP contribution in [0.25, 0.3) is 0 Å². The molecule has 0 aromatic carbocycles. The molecule has 0 unspecified atom stereocenters. The largest absolute Gasteiger partial charge is 0.479 e. The minimum atomic E-state index is -4.39. The van der Waals surface area contributed by atoms with Crippen molar-refractivity contribution in [1.29, 1.82) is 0 Å². The lowest BCUT2D eigenvalue weighted by Crippen LogP contribution is -2.19. The van der Waals surface area contributed by atoms with Crippen LogP contribution in [0.4, 0.5) is 19.0 Å². The quantitative estimate of drug-likeness (QED) is 0.761. The Morgan fingerprint density at radius 3 is 2.69 bits per heavy atom. The number of hydrogen-bond acceptors (Lipinski definition) is 4. The highest BCUT2D eigenvalue weighted by molar-refractivity contribution is 5.42. The summed E-state index contributed by atoms with van der Waals surface area (Å²) >= 11 is 0. The van der Waals surface area contributed by atoms with E-state index >= 15 is 0 Å². The van der Waals surface area contributed by atoms with Crippen molar-refractivity contribution in [3.8, 4) is 5.75 Å². The van der Waals surface area contributed by atoms with E-state index in [1.165, 1.54) is 0 Å². The molecule has 1 rings (SSSR count). The number of nitrogens with two attached hydrogens (primary N) is 1. The number of alkyl halides is 3. The molecule has 0 fully saturated rings. The monoisotopic (exact) mass is 193 g/mol. The maximum Gasteiger partial charge on any atom is 0.422 e. The van der Waals surface area contributed by atoms with Crippen LogP contribution in [0.1, 0.15) is 0 Å². The van der Waals surface area contributed by atoms with E-state index in [0.29, 0.717) is 0 Å². The molecule has 13 heavy (non-hydrogen) atoms. The van der Waals surface area contributed by atoms with E-state index in [-0.39, 0.29) is 11.6 Å². The normalized spacial score (nSPS) is 11.3. The smallest absolute Gasteiger partial charge is 0.422 e. The second kappa shape index (κ2) is 3.46. The Bertz CT molecular complexity index is 289. The Morgan fingerprint density at radius 2 is 2.15 bits per heavy atom. The fourth-order valence-corrected chi connectivity index (χ4v) is 0.597. The number of rotatable bonds is 2. The van der Waals surface area contributed by atoms with Gasteiger partial charge in [0.25, 0.3) is 0 Å². The molecule has 0 radical (unpaired) electrons. The molecular weight excluding hydrogens is 187 g/mol. The third-order valence-electron chi connectivity index (χ3n) is 1.10. The minimum Gasteiger partial charge on any atom is -0.479 e. The van der Waals surface area contributed by atoms with Crippen molar-refractivity contribution >= 4 is 5.82 Å². The van der Waals surface area contributed by atoms with Crippen molar-refractivity contribution in [3.05, 3.63) is 12.5 Å². The van der Waals surface area contributed by atoms with Crippen molar-refractivity contribution in [2.24, 2.45) is 0 Å². The van der Waals surface area contributed by atoms with Gasteiger partial charge in [0.15, 0.2) is 18.2 Å². The molecule has 72 valence electrons. The summed E-state index contributed by atoms with van der Waals surface area (Å²) in [6.07, 6.45) is -2.19. The fraction of sp³-hybridized carbons (Fsp3) is 0.333. The molecule has 0 bridgehead atoms. The molecule has 4 nitrogen and oxygen atoms in total. The van der Waals surface area contributed by atoms with Gasteiger partial charge < -0.3 is 10.5 Å². The second-order valence-corrected chi connectivity index (χ2v) is 2.18. The molecule has 1 aromatic rings. The number of anilines is 1. The molecule has 1 aromatic heterocycles. The van der Waals surface area contributed by atoms with E-state index in [1.807, 2.05) is 0 Å². The summed E-state index contributed by atoms with van der Waals surface area (Å²) in [6.45, 7) is -1.40. The highest BCUT2D eigenvalue weighted by Gasteiger charge is 2.28. The van der Waals surface area contributed by atoms with Gasteiger partial charge in [0, 0.05) is 0 Å². The van der Waals surface area contributed by atoms with Crippen LogP contribution in [0.3, 0.4) is 0 Å². The zero-order valence-electron chi connectivity index (χ0n) is 6.38. The number of hydrogen-bond donors (Lipinski definition) is 1. The molecular formula is C6H6F3N3O. The molecule has 1 heterocycles. The predicted molar refractivity (Wildman–Crippen MR) is 38.0 cm³/mol. The van der Waals surface area contributed by atoms with Gasteiger partial charge in [-0.05, 0) is 0 Å². The summed E-state index contributed by atoms with van der Waals surface area (Å²) in [5, 5.41) is 0. The Balaban J connectivity index is 2.60. The number of halogens is 3. The average molecular weight is 193 g/mol. The van der Waals surface area contributed by atoms with Gasteiger partial charge in [-0.15, -0.1) is 0 Å². The van der Waals surface area contributed by atoms with Crippen LogP contribution in [0.15, 0.2) is 12.5 Å². The summed E-state index contributed by atoms with van der Waals surface area (Å²) in [5.74, 6) is -0.279. The number of ether oxygens (including phenoxy) is 1. The lowest BCUT2D eigenvalue weighted by atomic mass is 10.5. The standard InChI is InChI=1S/C6H6F3N3O/c7-6(8,9)2-13-4-1-11-3-12-5(4)10/h1,3H,2H2,(H2,10,11,12). The molecule has 0 amide bonds. The fourth-order valence-electron chi connectivity index (χ4n) is 0.597. The van der Waals surface area contributed by atoms with E-state index in [2.05, 4.69) is 14.7 Å². The number of nitrogen functional groups attached to an aromatic ring is 1. The zero-order valence-corrected chi connectivity index (χ0v) is 6.38. The first-order chi connectivity index (χ1) is 5.99. The molecule has 2 N–H and O–H groups in total. The third kappa shape index (κ3) is 3.14. The highest BCUT2D eigenvalue weighted by atomic mass is 19.4. The van der Waals surface area contributed by atoms with E-state index in [9.17, 15) is 13.2 Å². The van der Waals surface area contributed by atoms with Crippen molar-refractivity contribution in [2.75, 3.05) is 12.3 Å². The van der Waals surface area contributed by atoms with Gasteiger partial charge in [0.05, 0.1) is 6.20 Å². The molecule has 7 heteroatoms. The summed E-state index contributed by atoms with van der Waals surface area (Å²) in [4.78, 5) is 6.92. The summed E-state index contributed by atoms with van der Waals surface area (Å²) in [5.41, 5.74) is 5.21. The van der Waals surface area contributed by atoms with Crippen LogP contribution in [-0.2, 0) is 0 Å². The summed E-state index contributed by atoms with van der Waals surface area (Å²) < 4.78 is 39.3. The molecule has 0 spiro atoms. The van der Waals surface area contributed by atoms with Crippen LogP contribution < -0.4 is 10.5 Å². The number of nitrogens with zero attached hydrogens (tertiary/aromatic N) is 2. The van der Waals surface area contributed by atoms with Gasteiger partial charge in [-0.25, -0.2) is 9.97 Å². The van der Waals surface area contributed by atoms with Crippen LogP contribution in [0.5, 0.6) is 5.75 Å². The predicted octanol–water partition coefficient (Wildman–Crippen LogP) is 1.000. The minimum absolute atomic E-state index is 0.112. The lowest BCUT2D eigenvalue weighted by molar-refractivity contribution is -0.153. The molecule has 0 aliphatic rings. The van der Waals surface area contributed by atoms with Gasteiger partial charge in [-0.1, -0.05) is 0 Å². The maximum atomic E-state index is 11.7. The van der Waals surface area contributed by atoms with Crippen molar-refractivity contribution in [1.82, 2.24) is 9.97 Å². The topological polar surface area (TPSA) is 61.0 Å². The maximum absolute atomic E-state index is 11.7. The van der Waals surface area contributed by atoms with E-state index in [4.69, 9.17) is 5.73 Å².